The molecule has 2 aliphatic rings. The Morgan fingerprint density at radius 2 is 1.81 bits per heavy atom. The molecule has 3 rings (SSSR count). The molecule has 2 N–H and O–H groups in total. The summed E-state index contributed by atoms with van der Waals surface area (Å²) in [5, 5.41) is 11.8. The largest absolute Gasteiger partial charge is 0.481 e. The van der Waals surface area contributed by atoms with E-state index in [2.05, 4.69) is 5.32 Å². The summed E-state index contributed by atoms with van der Waals surface area (Å²) in [4.78, 5) is 36.0. The zero-order chi connectivity index (χ0) is 18.9. The van der Waals surface area contributed by atoms with Gasteiger partial charge in [0.2, 0.25) is 11.8 Å². The number of aliphatic carboxylic acids is 1. The highest BCUT2D eigenvalue weighted by molar-refractivity contribution is 5.94. The summed E-state index contributed by atoms with van der Waals surface area (Å²) in [6.45, 7) is -0.968. The lowest BCUT2D eigenvalue weighted by Crippen LogP contribution is -2.51. The summed E-state index contributed by atoms with van der Waals surface area (Å²) in [6.07, 6.45) is 0.952. The molecule has 2 amide bonds. The van der Waals surface area contributed by atoms with Gasteiger partial charge >= 0.3 is 5.97 Å². The van der Waals surface area contributed by atoms with Gasteiger partial charge in [-0.1, -0.05) is 12.1 Å². The molecule has 2 fully saturated rings. The number of nitrogens with one attached hydrogen (secondary N) is 1. The molecule has 8 heteroatoms. The lowest BCUT2D eigenvalue weighted by Gasteiger charge is -2.36. The van der Waals surface area contributed by atoms with Gasteiger partial charge in [-0.3, -0.25) is 14.4 Å². The topological polar surface area (TPSA) is 86.7 Å². The maximum absolute atomic E-state index is 13.7. The van der Waals surface area contributed by atoms with Crippen molar-refractivity contribution in [3.05, 3.63) is 29.8 Å². The first kappa shape index (κ1) is 18.3. The van der Waals surface area contributed by atoms with Crippen LogP contribution in [0.4, 0.5) is 14.5 Å². The van der Waals surface area contributed by atoms with Crippen LogP contribution < -0.4 is 5.32 Å². The Kier molecular flexibility index (Phi) is 4.93. The highest BCUT2D eigenvalue weighted by Crippen LogP contribution is 2.31. The van der Waals surface area contributed by atoms with Gasteiger partial charge in [0.15, 0.2) is 0 Å². The molecule has 1 saturated heterocycles. The van der Waals surface area contributed by atoms with Crippen LogP contribution in [0.5, 0.6) is 0 Å². The normalized spacial score (nSPS) is 21.9. The molecule has 26 heavy (non-hydrogen) atoms. The summed E-state index contributed by atoms with van der Waals surface area (Å²) >= 11 is 0. The summed E-state index contributed by atoms with van der Waals surface area (Å²) in [5.74, 6) is -6.26. The number of likely N-dealkylation sites (tertiary alicyclic amines) is 1. The standard InChI is InChI=1S/C18H20F2N2O4/c19-18(20)8-13(17(25)26)9-22(10-18)15(23)7-11-1-5-14(6-2-11)21-16(24)12-3-4-12/h1-2,5-6,12-13H,3-4,7-10H2,(H,21,24)(H,25,26). The summed E-state index contributed by atoms with van der Waals surface area (Å²) < 4.78 is 27.4. The Morgan fingerprint density at radius 1 is 1.15 bits per heavy atom. The molecule has 140 valence electrons. The summed E-state index contributed by atoms with van der Waals surface area (Å²) in [5.41, 5.74) is 1.23. The van der Waals surface area contributed by atoms with Gasteiger partial charge in [0.1, 0.15) is 0 Å². The van der Waals surface area contributed by atoms with E-state index in [1.54, 1.807) is 24.3 Å². The highest BCUT2D eigenvalue weighted by Gasteiger charge is 2.44. The molecule has 1 aliphatic carbocycles. The SMILES string of the molecule is O=C(O)C1CN(C(=O)Cc2ccc(NC(=O)C3CC3)cc2)CC(F)(F)C1. The van der Waals surface area contributed by atoms with Crippen molar-refractivity contribution in [2.24, 2.45) is 11.8 Å². The first-order valence-corrected chi connectivity index (χ1v) is 8.52. The smallest absolute Gasteiger partial charge is 0.308 e. The molecule has 1 saturated carbocycles. The highest BCUT2D eigenvalue weighted by atomic mass is 19.3. The minimum Gasteiger partial charge on any atom is -0.481 e. The molecule has 1 aliphatic heterocycles. The maximum atomic E-state index is 13.7. The van der Waals surface area contributed by atoms with Crippen molar-refractivity contribution < 1.29 is 28.3 Å². The third kappa shape index (κ3) is 4.56. The van der Waals surface area contributed by atoms with E-state index < -0.39 is 36.7 Å². The number of alkyl halides is 2. The number of carbonyl (C=O) groups is 3. The van der Waals surface area contributed by atoms with Gasteiger partial charge in [0.25, 0.3) is 5.92 Å². The molecule has 0 radical (unpaired) electrons. The van der Waals surface area contributed by atoms with Crippen LogP contribution in [0.3, 0.4) is 0 Å². The van der Waals surface area contributed by atoms with Crippen LogP contribution in [0, 0.1) is 11.8 Å². The van der Waals surface area contributed by atoms with Crippen molar-refractivity contribution in [3.8, 4) is 0 Å². The fourth-order valence-corrected chi connectivity index (χ4v) is 3.04. The molecular formula is C18H20F2N2O4. The first-order chi connectivity index (χ1) is 12.2. The lowest BCUT2D eigenvalue weighted by atomic mass is 9.95. The zero-order valence-electron chi connectivity index (χ0n) is 14.1. The molecule has 0 aromatic heterocycles. The monoisotopic (exact) mass is 366 g/mol. The molecule has 1 atom stereocenters. The Bertz CT molecular complexity index is 716. The predicted molar refractivity (Wildman–Crippen MR) is 88.8 cm³/mol. The fraction of sp³-hybridized carbons (Fsp3) is 0.500. The van der Waals surface area contributed by atoms with Crippen LogP contribution in [0.15, 0.2) is 24.3 Å². The van der Waals surface area contributed by atoms with Crippen molar-refractivity contribution in [1.82, 2.24) is 4.90 Å². The number of carbonyl (C=O) groups excluding carboxylic acids is 2. The van der Waals surface area contributed by atoms with E-state index in [0.717, 1.165) is 17.7 Å². The van der Waals surface area contributed by atoms with Crippen molar-refractivity contribution in [2.45, 2.75) is 31.6 Å². The van der Waals surface area contributed by atoms with E-state index in [-0.39, 0.29) is 24.8 Å². The molecule has 1 aromatic carbocycles. The Labute approximate surface area is 149 Å². The van der Waals surface area contributed by atoms with Crippen molar-refractivity contribution in [2.75, 3.05) is 18.4 Å². The molecule has 1 unspecified atom stereocenters. The number of carboxylic acid groups (broad SMARTS) is 1. The van der Waals surface area contributed by atoms with E-state index in [9.17, 15) is 23.2 Å². The second-order valence-electron chi connectivity index (χ2n) is 7.01. The van der Waals surface area contributed by atoms with Crippen LogP contribution in [-0.2, 0) is 20.8 Å². The number of hydrogen-bond donors (Lipinski definition) is 2. The van der Waals surface area contributed by atoms with Crippen molar-refractivity contribution >= 4 is 23.5 Å². The van der Waals surface area contributed by atoms with Gasteiger partial charge < -0.3 is 15.3 Å². The minimum atomic E-state index is -3.20. The van der Waals surface area contributed by atoms with E-state index >= 15 is 0 Å². The first-order valence-electron chi connectivity index (χ1n) is 8.52. The lowest BCUT2D eigenvalue weighted by molar-refractivity contribution is -0.158. The average Bonchev–Trinajstić information content (AvgIpc) is 3.40. The third-order valence-corrected chi connectivity index (χ3v) is 4.63. The zero-order valence-corrected chi connectivity index (χ0v) is 14.1. The van der Waals surface area contributed by atoms with Gasteiger partial charge in [0, 0.05) is 24.6 Å². The number of amides is 2. The maximum Gasteiger partial charge on any atom is 0.308 e. The van der Waals surface area contributed by atoms with Crippen LogP contribution in [-0.4, -0.2) is 46.8 Å². The van der Waals surface area contributed by atoms with E-state index in [4.69, 9.17) is 5.11 Å². The van der Waals surface area contributed by atoms with Gasteiger partial charge in [-0.15, -0.1) is 0 Å². The molecular weight excluding hydrogens is 346 g/mol. The second kappa shape index (κ2) is 7.01. The van der Waals surface area contributed by atoms with Crippen LogP contribution in [0.1, 0.15) is 24.8 Å². The molecule has 1 heterocycles. The Balaban J connectivity index is 1.59. The number of benzene rings is 1. The number of anilines is 1. The Morgan fingerprint density at radius 3 is 2.38 bits per heavy atom. The summed E-state index contributed by atoms with van der Waals surface area (Å²) in [6, 6.07) is 6.62. The number of hydrogen-bond acceptors (Lipinski definition) is 3. The Hall–Kier alpha value is -2.51. The predicted octanol–water partition coefficient (Wildman–Crippen LogP) is 2.15. The molecule has 6 nitrogen and oxygen atoms in total. The number of halogens is 2. The number of piperidine rings is 1. The number of rotatable bonds is 5. The van der Waals surface area contributed by atoms with Gasteiger partial charge in [-0.05, 0) is 30.5 Å². The minimum absolute atomic E-state index is 0.0240. The number of nitrogens with zero attached hydrogens (tertiary/aromatic N) is 1. The van der Waals surface area contributed by atoms with Crippen molar-refractivity contribution in [1.29, 1.82) is 0 Å². The average molecular weight is 366 g/mol. The van der Waals surface area contributed by atoms with E-state index in [0.29, 0.717) is 11.3 Å². The van der Waals surface area contributed by atoms with Crippen molar-refractivity contribution in [3.63, 3.8) is 0 Å². The number of carboxylic acids is 1. The van der Waals surface area contributed by atoms with Crippen LogP contribution in [0.2, 0.25) is 0 Å². The quantitative estimate of drug-likeness (QED) is 0.836. The van der Waals surface area contributed by atoms with Crippen LogP contribution in [0.25, 0.3) is 0 Å². The van der Waals surface area contributed by atoms with E-state index in [1.165, 1.54) is 0 Å². The molecule has 0 bridgehead atoms. The van der Waals surface area contributed by atoms with E-state index in [1.807, 2.05) is 0 Å². The third-order valence-electron chi connectivity index (χ3n) is 4.63. The summed E-state index contributed by atoms with van der Waals surface area (Å²) in [7, 11) is 0. The van der Waals surface area contributed by atoms with Gasteiger partial charge in [0.05, 0.1) is 18.9 Å². The molecule has 1 aromatic rings. The second-order valence-corrected chi connectivity index (χ2v) is 7.01. The van der Waals surface area contributed by atoms with Gasteiger partial charge in [-0.25, -0.2) is 8.78 Å². The fourth-order valence-electron chi connectivity index (χ4n) is 3.04. The van der Waals surface area contributed by atoms with Crippen LogP contribution >= 0.6 is 0 Å². The van der Waals surface area contributed by atoms with Gasteiger partial charge in [-0.2, -0.15) is 0 Å². The molecule has 0 spiro atoms.